The normalized spacial score (nSPS) is 23.6. The molecule has 1 amide bonds. The molecule has 1 rings (SSSR count). The molecule has 0 heterocycles. The molecule has 1 aliphatic carbocycles. The first kappa shape index (κ1) is 19.2. The fourth-order valence-corrected chi connectivity index (χ4v) is 2.30. The summed E-state index contributed by atoms with van der Waals surface area (Å²) >= 11 is 0. The SMILES string of the molecule is CC(C)OC(=O)C(C)CNC(=O)C1CCCC(N)C1.Cl. The molecule has 118 valence electrons. The Labute approximate surface area is 127 Å². The van der Waals surface area contributed by atoms with Crippen molar-refractivity contribution in [2.45, 2.75) is 58.6 Å². The van der Waals surface area contributed by atoms with Gasteiger partial charge in [-0.1, -0.05) is 13.3 Å². The molecule has 0 radical (unpaired) electrons. The molecule has 3 unspecified atom stereocenters. The molecule has 20 heavy (non-hydrogen) atoms. The third-order valence-electron chi connectivity index (χ3n) is 3.42. The molecular formula is C14H27ClN2O3. The molecule has 0 spiro atoms. The molecule has 0 saturated heterocycles. The number of nitrogens with one attached hydrogen (secondary N) is 1. The number of nitrogens with two attached hydrogens (primary N) is 1. The van der Waals surface area contributed by atoms with Crippen molar-refractivity contribution in [3.8, 4) is 0 Å². The van der Waals surface area contributed by atoms with Gasteiger partial charge in [-0.25, -0.2) is 0 Å². The summed E-state index contributed by atoms with van der Waals surface area (Å²) in [4.78, 5) is 23.6. The second kappa shape index (κ2) is 9.19. The lowest BCUT2D eigenvalue weighted by Gasteiger charge is -2.26. The number of esters is 1. The average molecular weight is 307 g/mol. The summed E-state index contributed by atoms with van der Waals surface area (Å²) in [7, 11) is 0. The highest BCUT2D eigenvalue weighted by Crippen LogP contribution is 2.23. The van der Waals surface area contributed by atoms with Crippen LogP contribution in [-0.4, -0.2) is 30.6 Å². The van der Waals surface area contributed by atoms with Gasteiger partial charge in [-0.3, -0.25) is 9.59 Å². The zero-order valence-corrected chi connectivity index (χ0v) is 13.4. The van der Waals surface area contributed by atoms with Crippen molar-refractivity contribution in [2.75, 3.05) is 6.54 Å². The van der Waals surface area contributed by atoms with Crippen LogP contribution in [0.4, 0.5) is 0 Å². The number of carbonyl (C=O) groups is 2. The van der Waals surface area contributed by atoms with Crippen molar-refractivity contribution in [3.05, 3.63) is 0 Å². The van der Waals surface area contributed by atoms with E-state index in [4.69, 9.17) is 10.5 Å². The average Bonchev–Trinajstić information content (AvgIpc) is 2.34. The second-order valence-corrected chi connectivity index (χ2v) is 5.76. The van der Waals surface area contributed by atoms with E-state index in [1.807, 2.05) is 13.8 Å². The van der Waals surface area contributed by atoms with Gasteiger partial charge in [0.25, 0.3) is 0 Å². The fraction of sp³-hybridized carbons (Fsp3) is 0.857. The highest BCUT2D eigenvalue weighted by atomic mass is 35.5. The number of rotatable bonds is 5. The van der Waals surface area contributed by atoms with Crippen molar-refractivity contribution >= 4 is 24.3 Å². The van der Waals surface area contributed by atoms with Crippen LogP contribution in [0.2, 0.25) is 0 Å². The summed E-state index contributed by atoms with van der Waals surface area (Å²) in [6.45, 7) is 5.72. The van der Waals surface area contributed by atoms with Gasteiger partial charge in [0.2, 0.25) is 5.91 Å². The summed E-state index contributed by atoms with van der Waals surface area (Å²) < 4.78 is 5.10. The number of carbonyl (C=O) groups excluding carboxylic acids is 2. The van der Waals surface area contributed by atoms with Crippen LogP contribution < -0.4 is 11.1 Å². The predicted octanol–water partition coefficient (Wildman–Crippen LogP) is 1.63. The van der Waals surface area contributed by atoms with Crippen molar-refractivity contribution in [1.29, 1.82) is 0 Å². The number of ether oxygens (including phenoxy) is 1. The molecule has 1 fully saturated rings. The number of amides is 1. The Morgan fingerprint density at radius 2 is 1.95 bits per heavy atom. The van der Waals surface area contributed by atoms with Crippen LogP contribution in [0, 0.1) is 11.8 Å². The van der Waals surface area contributed by atoms with Crippen molar-refractivity contribution in [3.63, 3.8) is 0 Å². The van der Waals surface area contributed by atoms with Gasteiger partial charge in [0.1, 0.15) is 0 Å². The van der Waals surface area contributed by atoms with Crippen LogP contribution in [0.25, 0.3) is 0 Å². The van der Waals surface area contributed by atoms with Crippen LogP contribution in [0.3, 0.4) is 0 Å². The van der Waals surface area contributed by atoms with Gasteiger partial charge in [-0.05, 0) is 33.1 Å². The maximum Gasteiger partial charge on any atom is 0.310 e. The first-order valence-corrected chi connectivity index (χ1v) is 7.14. The maximum absolute atomic E-state index is 12.0. The van der Waals surface area contributed by atoms with Crippen LogP contribution in [-0.2, 0) is 14.3 Å². The maximum atomic E-state index is 12.0. The molecule has 3 N–H and O–H groups in total. The van der Waals surface area contributed by atoms with E-state index in [-0.39, 0.29) is 48.3 Å². The van der Waals surface area contributed by atoms with Gasteiger partial charge in [-0.15, -0.1) is 12.4 Å². The lowest BCUT2D eigenvalue weighted by atomic mass is 9.85. The van der Waals surface area contributed by atoms with Gasteiger partial charge in [0.15, 0.2) is 0 Å². The second-order valence-electron chi connectivity index (χ2n) is 5.76. The highest BCUT2D eigenvalue weighted by molar-refractivity contribution is 5.85. The van der Waals surface area contributed by atoms with E-state index >= 15 is 0 Å². The van der Waals surface area contributed by atoms with Gasteiger partial charge in [0.05, 0.1) is 12.0 Å². The molecule has 1 aliphatic rings. The largest absolute Gasteiger partial charge is 0.463 e. The summed E-state index contributed by atoms with van der Waals surface area (Å²) in [6.07, 6.45) is 3.52. The molecular weight excluding hydrogens is 280 g/mol. The molecule has 1 saturated carbocycles. The molecule has 0 aromatic carbocycles. The zero-order valence-electron chi connectivity index (χ0n) is 12.6. The number of halogens is 1. The first-order valence-electron chi connectivity index (χ1n) is 7.14. The Hall–Kier alpha value is -0.810. The quantitative estimate of drug-likeness (QED) is 0.756. The minimum atomic E-state index is -0.316. The zero-order chi connectivity index (χ0) is 14.4. The molecule has 0 aliphatic heterocycles. The summed E-state index contributed by atoms with van der Waals surface area (Å²) in [5, 5.41) is 2.83. The van der Waals surface area contributed by atoms with E-state index in [1.165, 1.54) is 0 Å². The molecule has 0 aromatic heterocycles. The van der Waals surface area contributed by atoms with E-state index in [9.17, 15) is 9.59 Å². The first-order chi connectivity index (χ1) is 8.90. The summed E-state index contributed by atoms with van der Waals surface area (Å²) in [5.74, 6) is -0.573. The Balaban J connectivity index is 0.00000361. The van der Waals surface area contributed by atoms with Crippen molar-refractivity contribution in [1.82, 2.24) is 5.32 Å². The molecule has 0 aromatic rings. The van der Waals surface area contributed by atoms with Gasteiger partial charge in [0, 0.05) is 18.5 Å². The Kier molecular flexibility index (Phi) is 8.81. The molecule has 6 heteroatoms. The van der Waals surface area contributed by atoms with Gasteiger partial charge < -0.3 is 15.8 Å². The van der Waals surface area contributed by atoms with E-state index in [2.05, 4.69) is 5.32 Å². The Bertz CT molecular complexity index is 324. The van der Waals surface area contributed by atoms with Gasteiger partial charge >= 0.3 is 5.97 Å². The molecule has 5 nitrogen and oxygen atoms in total. The summed E-state index contributed by atoms with van der Waals surface area (Å²) in [5.41, 5.74) is 5.87. The standard InChI is InChI=1S/C14H26N2O3.ClH/c1-9(2)19-14(18)10(3)8-16-13(17)11-5-4-6-12(15)7-11;/h9-12H,4-8,15H2,1-3H3,(H,16,17);1H. The smallest absolute Gasteiger partial charge is 0.310 e. The van der Waals surface area contributed by atoms with Crippen molar-refractivity contribution in [2.24, 2.45) is 17.6 Å². The van der Waals surface area contributed by atoms with Crippen LogP contribution in [0.5, 0.6) is 0 Å². The topological polar surface area (TPSA) is 81.4 Å². The van der Waals surface area contributed by atoms with Crippen LogP contribution >= 0.6 is 12.4 Å². The monoisotopic (exact) mass is 306 g/mol. The Morgan fingerprint density at radius 3 is 2.50 bits per heavy atom. The fourth-order valence-electron chi connectivity index (χ4n) is 2.30. The van der Waals surface area contributed by atoms with E-state index in [0.717, 1.165) is 25.7 Å². The summed E-state index contributed by atoms with van der Waals surface area (Å²) in [6, 6.07) is 0.132. The third-order valence-corrected chi connectivity index (χ3v) is 3.42. The van der Waals surface area contributed by atoms with Gasteiger partial charge in [-0.2, -0.15) is 0 Å². The third kappa shape index (κ3) is 6.57. The van der Waals surface area contributed by atoms with E-state index in [0.29, 0.717) is 6.54 Å². The van der Waals surface area contributed by atoms with E-state index < -0.39 is 0 Å². The molecule has 3 atom stereocenters. The number of hydrogen-bond donors (Lipinski definition) is 2. The van der Waals surface area contributed by atoms with Crippen LogP contribution in [0.15, 0.2) is 0 Å². The predicted molar refractivity (Wildman–Crippen MR) is 80.6 cm³/mol. The lowest BCUT2D eigenvalue weighted by Crippen LogP contribution is -2.40. The van der Waals surface area contributed by atoms with Crippen LogP contribution in [0.1, 0.15) is 46.5 Å². The highest BCUT2D eigenvalue weighted by Gasteiger charge is 2.26. The number of hydrogen-bond acceptors (Lipinski definition) is 4. The van der Waals surface area contributed by atoms with E-state index in [1.54, 1.807) is 6.92 Å². The minimum Gasteiger partial charge on any atom is -0.463 e. The Morgan fingerprint density at radius 1 is 1.30 bits per heavy atom. The minimum absolute atomic E-state index is 0. The van der Waals surface area contributed by atoms with Crippen molar-refractivity contribution < 1.29 is 14.3 Å². The lowest BCUT2D eigenvalue weighted by molar-refractivity contribution is -0.151. The molecule has 0 bridgehead atoms.